The third kappa shape index (κ3) is 7.12. The standard InChI is InChI=1S/C32H24ClN5O3S/c1-40-30-16-21(6-15-29(30)41-19-25-5-3-2-4-24(25)17-34)18-35-38-31(39)23-9-7-22(8-10-23)28-20-42-32(37-28)36-27-13-11-26(33)12-14-27/h2-16,18,20H,19H2,1H3,(H,36,37)(H,38,39)/b35-18-. The number of aromatic nitrogens is 1. The van der Waals surface area contributed by atoms with Crippen molar-refractivity contribution in [3.05, 3.63) is 124 Å². The van der Waals surface area contributed by atoms with E-state index in [2.05, 4.69) is 26.9 Å². The van der Waals surface area contributed by atoms with E-state index in [1.54, 1.807) is 43.5 Å². The van der Waals surface area contributed by atoms with E-state index in [9.17, 15) is 10.1 Å². The molecule has 0 saturated heterocycles. The van der Waals surface area contributed by atoms with Crippen molar-refractivity contribution in [2.24, 2.45) is 5.10 Å². The van der Waals surface area contributed by atoms with Gasteiger partial charge in [-0.3, -0.25) is 4.79 Å². The maximum Gasteiger partial charge on any atom is 0.271 e. The molecule has 5 rings (SSSR count). The predicted molar refractivity (Wildman–Crippen MR) is 166 cm³/mol. The summed E-state index contributed by atoms with van der Waals surface area (Å²) in [5.41, 5.74) is 7.65. The minimum absolute atomic E-state index is 0.228. The molecule has 1 aromatic heterocycles. The average Bonchev–Trinajstić information content (AvgIpc) is 3.50. The molecule has 42 heavy (non-hydrogen) atoms. The number of halogens is 1. The third-order valence-electron chi connectivity index (χ3n) is 6.13. The summed E-state index contributed by atoms with van der Waals surface area (Å²) in [4.78, 5) is 17.3. The van der Waals surface area contributed by atoms with Gasteiger partial charge >= 0.3 is 0 Å². The highest BCUT2D eigenvalue weighted by atomic mass is 35.5. The van der Waals surface area contributed by atoms with Crippen molar-refractivity contribution in [1.82, 2.24) is 10.4 Å². The molecule has 0 unspecified atom stereocenters. The first kappa shape index (κ1) is 28.4. The number of nitrogens with zero attached hydrogens (tertiary/aromatic N) is 3. The number of anilines is 2. The molecule has 1 amide bonds. The van der Waals surface area contributed by atoms with Gasteiger partial charge in [-0.05, 0) is 66.2 Å². The molecule has 2 N–H and O–H groups in total. The monoisotopic (exact) mass is 593 g/mol. The van der Waals surface area contributed by atoms with E-state index in [4.69, 9.17) is 21.1 Å². The van der Waals surface area contributed by atoms with E-state index >= 15 is 0 Å². The molecule has 0 aliphatic carbocycles. The minimum Gasteiger partial charge on any atom is -0.493 e. The zero-order chi connectivity index (χ0) is 29.3. The molecule has 1 heterocycles. The smallest absolute Gasteiger partial charge is 0.271 e. The van der Waals surface area contributed by atoms with E-state index < -0.39 is 0 Å². The van der Waals surface area contributed by atoms with Crippen molar-refractivity contribution in [3.8, 4) is 28.8 Å². The number of methoxy groups -OCH3 is 1. The molecule has 0 radical (unpaired) electrons. The van der Waals surface area contributed by atoms with Crippen LogP contribution in [0.4, 0.5) is 10.8 Å². The van der Waals surface area contributed by atoms with E-state index in [0.29, 0.717) is 33.2 Å². The molecular formula is C32H24ClN5O3S. The fourth-order valence-corrected chi connectivity index (χ4v) is 4.80. The van der Waals surface area contributed by atoms with Crippen LogP contribution >= 0.6 is 22.9 Å². The second-order valence-corrected chi connectivity index (χ2v) is 10.2. The largest absolute Gasteiger partial charge is 0.493 e. The Morgan fingerprint density at radius 1 is 1.05 bits per heavy atom. The number of ether oxygens (including phenoxy) is 2. The van der Waals surface area contributed by atoms with Crippen LogP contribution in [0.1, 0.15) is 27.0 Å². The van der Waals surface area contributed by atoms with Crippen molar-refractivity contribution in [2.45, 2.75) is 6.61 Å². The number of carbonyl (C=O) groups is 1. The van der Waals surface area contributed by atoms with E-state index in [-0.39, 0.29) is 12.5 Å². The van der Waals surface area contributed by atoms with Crippen LogP contribution in [0.25, 0.3) is 11.3 Å². The number of rotatable bonds is 10. The van der Waals surface area contributed by atoms with Crippen molar-refractivity contribution in [1.29, 1.82) is 5.26 Å². The lowest BCUT2D eigenvalue weighted by molar-refractivity contribution is 0.0955. The molecule has 0 aliphatic rings. The third-order valence-corrected chi connectivity index (χ3v) is 7.14. The topological polar surface area (TPSA) is 109 Å². The quantitative estimate of drug-likeness (QED) is 0.129. The zero-order valence-corrected chi connectivity index (χ0v) is 23.9. The van der Waals surface area contributed by atoms with Gasteiger partial charge in [-0.15, -0.1) is 11.3 Å². The molecule has 0 spiro atoms. The van der Waals surface area contributed by atoms with Crippen LogP contribution in [0.5, 0.6) is 11.5 Å². The van der Waals surface area contributed by atoms with Crippen LogP contribution in [-0.2, 0) is 6.61 Å². The number of thiazole rings is 1. The Morgan fingerprint density at radius 3 is 2.60 bits per heavy atom. The van der Waals surface area contributed by atoms with Gasteiger partial charge in [-0.2, -0.15) is 10.4 Å². The number of benzene rings is 4. The van der Waals surface area contributed by atoms with Crippen LogP contribution in [-0.4, -0.2) is 24.2 Å². The summed E-state index contributed by atoms with van der Waals surface area (Å²) < 4.78 is 11.3. The summed E-state index contributed by atoms with van der Waals surface area (Å²) in [5, 5.41) is 20.0. The Balaban J connectivity index is 1.16. The lowest BCUT2D eigenvalue weighted by atomic mass is 10.1. The molecule has 0 atom stereocenters. The molecule has 4 aromatic carbocycles. The number of nitriles is 1. The number of hydrazone groups is 1. The van der Waals surface area contributed by atoms with Gasteiger partial charge in [0.1, 0.15) is 6.61 Å². The first-order valence-corrected chi connectivity index (χ1v) is 14.0. The Hall–Kier alpha value is -5.17. The number of nitrogens with one attached hydrogen (secondary N) is 2. The molecule has 0 fully saturated rings. The van der Waals surface area contributed by atoms with Crippen molar-refractivity contribution in [2.75, 3.05) is 12.4 Å². The Bertz CT molecular complexity index is 1760. The summed E-state index contributed by atoms with van der Waals surface area (Å²) >= 11 is 7.43. The molecule has 208 valence electrons. The maximum atomic E-state index is 12.6. The molecule has 8 nitrogen and oxygen atoms in total. The first-order valence-electron chi connectivity index (χ1n) is 12.7. The molecule has 10 heteroatoms. The van der Waals surface area contributed by atoms with Gasteiger partial charge in [0.15, 0.2) is 16.6 Å². The number of hydrogen-bond acceptors (Lipinski definition) is 8. The highest BCUT2D eigenvalue weighted by molar-refractivity contribution is 7.14. The highest BCUT2D eigenvalue weighted by Crippen LogP contribution is 2.29. The normalized spacial score (nSPS) is 10.7. The average molecular weight is 594 g/mol. The molecule has 0 aliphatic heterocycles. The highest BCUT2D eigenvalue weighted by Gasteiger charge is 2.10. The zero-order valence-electron chi connectivity index (χ0n) is 22.4. The summed E-state index contributed by atoms with van der Waals surface area (Å²) in [7, 11) is 1.54. The summed E-state index contributed by atoms with van der Waals surface area (Å²) in [6.45, 7) is 0.228. The van der Waals surface area contributed by atoms with Crippen LogP contribution in [0.2, 0.25) is 5.02 Å². The van der Waals surface area contributed by atoms with Gasteiger partial charge in [0, 0.05) is 32.8 Å². The molecule has 5 aromatic rings. The van der Waals surface area contributed by atoms with Crippen molar-refractivity contribution >= 4 is 45.9 Å². The summed E-state index contributed by atoms with van der Waals surface area (Å²) in [6.07, 6.45) is 1.52. The Labute approximate surface area is 251 Å². The maximum absolute atomic E-state index is 12.6. The summed E-state index contributed by atoms with van der Waals surface area (Å²) in [5.74, 6) is 0.688. The lowest BCUT2D eigenvalue weighted by Crippen LogP contribution is -2.17. The fourth-order valence-electron chi connectivity index (χ4n) is 3.94. The first-order chi connectivity index (χ1) is 20.5. The van der Waals surface area contributed by atoms with Gasteiger partial charge in [-0.1, -0.05) is 41.9 Å². The van der Waals surface area contributed by atoms with Crippen LogP contribution in [0, 0.1) is 11.3 Å². The Morgan fingerprint density at radius 2 is 1.83 bits per heavy atom. The van der Waals surface area contributed by atoms with E-state index in [1.165, 1.54) is 17.6 Å². The second-order valence-electron chi connectivity index (χ2n) is 8.91. The molecule has 0 bridgehead atoms. The second kappa shape index (κ2) is 13.5. The van der Waals surface area contributed by atoms with Gasteiger partial charge in [0.25, 0.3) is 5.91 Å². The Kier molecular flexibility index (Phi) is 9.09. The predicted octanol–water partition coefficient (Wildman–Crippen LogP) is 7.43. The van der Waals surface area contributed by atoms with Gasteiger partial charge in [0.2, 0.25) is 0 Å². The van der Waals surface area contributed by atoms with Gasteiger partial charge in [-0.25, -0.2) is 10.4 Å². The van der Waals surface area contributed by atoms with E-state index in [0.717, 1.165) is 27.6 Å². The molecule has 0 saturated carbocycles. The van der Waals surface area contributed by atoms with E-state index in [1.807, 2.05) is 60.0 Å². The number of carbonyl (C=O) groups excluding carboxylic acids is 1. The SMILES string of the molecule is COc1cc(/C=N\NC(=O)c2ccc(-c3csc(Nc4ccc(Cl)cc4)n3)cc2)ccc1OCc1ccccc1C#N. The lowest BCUT2D eigenvalue weighted by Gasteiger charge is -2.12. The number of hydrogen-bond donors (Lipinski definition) is 2. The van der Waals surface area contributed by atoms with Crippen LogP contribution in [0.15, 0.2) is 101 Å². The molecular weight excluding hydrogens is 570 g/mol. The fraction of sp³-hybridized carbons (Fsp3) is 0.0625. The van der Waals surface area contributed by atoms with Crippen molar-refractivity contribution in [3.63, 3.8) is 0 Å². The van der Waals surface area contributed by atoms with Crippen molar-refractivity contribution < 1.29 is 14.3 Å². The van der Waals surface area contributed by atoms with Gasteiger partial charge < -0.3 is 14.8 Å². The summed E-state index contributed by atoms with van der Waals surface area (Å²) in [6, 6.07) is 29.3. The number of amides is 1. The van der Waals surface area contributed by atoms with Crippen LogP contribution < -0.4 is 20.2 Å². The van der Waals surface area contributed by atoms with Gasteiger partial charge in [0.05, 0.1) is 30.7 Å². The minimum atomic E-state index is -0.343. The van der Waals surface area contributed by atoms with Crippen LogP contribution in [0.3, 0.4) is 0 Å².